The number of hydrogen-bond acceptors (Lipinski definition) is 6. The molecule has 2 heterocycles. The molecule has 5 amide bonds. The molecule has 2 aliphatic rings. The van der Waals surface area contributed by atoms with Gasteiger partial charge in [0.25, 0.3) is 0 Å². The molecule has 0 spiro atoms. The minimum absolute atomic E-state index is 0.0450. The Morgan fingerprint density at radius 1 is 1.11 bits per heavy atom. The fraction of sp³-hybridized carbons (Fsp3) is 0.720. The fourth-order valence-electron chi connectivity index (χ4n) is 4.44. The summed E-state index contributed by atoms with van der Waals surface area (Å²) in [6.07, 6.45) is 4.48. The maximum atomic E-state index is 13.5. The van der Waals surface area contributed by atoms with Crippen LogP contribution in [0.25, 0.3) is 0 Å². The van der Waals surface area contributed by atoms with Gasteiger partial charge >= 0.3 is 6.09 Å². The summed E-state index contributed by atoms with van der Waals surface area (Å²) in [4.78, 5) is 65.2. The summed E-state index contributed by atoms with van der Waals surface area (Å²) in [7, 11) is 1.50. The van der Waals surface area contributed by atoms with Crippen LogP contribution in [0.15, 0.2) is 12.2 Å². The van der Waals surface area contributed by atoms with E-state index in [1.807, 2.05) is 19.9 Å². The highest BCUT2D eigenvalue weighted by atomic mass is 16.6. The van der Waals surface area contributed by atoms with Gasteiger partial charge in [0.1, 0.15) is 23.7 Å². The number of likely N-dealkylation sites (N-methyl/N-ethyl adjacent to an activating group) is 1. The number of primary amides is 1. The standard InChI is InChI=1S/C25H41N5O6/c1-14(2)11-19-22(33)28-18(20(26)31)13-15-12-16(27-21(15)32)9-7-8-10-17(23(34)30(19)6)29-24(35)36-25(3,4)5/h7-8,14-19H,9-13H2,1-6H3,(H2,26,31)(H,27,32)(H,28,33)(H,29,35)/b8-7+/t15-,16+,17-,18-,19-/m0/s1. The van der Waals surface area contributed by atoms with Crippen molar-refractivity contribution in [1.29, 1.82) is 0 Å². The molecule has 0 saturated carbocycles. The van der Waals surface area contributed by atoms with E-state index in [2.05, 4.69) is 16.0 Å². The Hall–Kier alpha value is -3.11. The summed E-state index contributed by atoms with van der Waals surface area (Å²) in [6.45, 7) is 8.98. The van der Waals surface area contributed by atoms with E-state index in [0.29, 0.717) is 19.3 Å². The molecule has 0 aromatic heterocycles. The van der Waals surface area contributed by atoms with Crippen LogP contribution in [0, 0.1) is 11.8 Å². The maximum absolute atomic E-state index is 13.5. The quantitative estimate of drug-likeness (QED) is 0.415. The zero-order valence-electron chi connectivity index (χ0n) is 22.1. The number of fused-ring (bicyclic) bond motifs is 2. The predicted octanol–water partition coefficient (Wildman–Crippen LogP) is 0.968. The fourth-order valence-corrected chi connectivity index (χ4v) is 4.44. The normalized spacial score (nSPS) is 29.0. The van der Waals surface area contributed by atoms with Gasteiger partial charge in [0, 0.05) is 19.0 Å². The molecule has 2 rings (SSSR count). The van der Waals surface area contributed by atoms with Gasteiger partial charge < -0.3 is 31.3 Å². The van der Waals surface area contributed by atoms with Gasteiger partial charge in [0.15, 0.2) is 0 Å². The maximum Gasteiger partial charge on any atom is 0.408 e. The number of ether oxygens (including phenoxy) is 1. The Morgan fingerprint density at radius 2 is 1.75 bits per heavy atom. The van der Waals surface area contributed by atoms with Crippen molar-refractivity contribution in [2.75, 3.05) is 7.05 Å². The average Bonchev–Trinajstić information content (AvgIpc) is 3.09. The third-order valence-electron chi connectivity index (χ3n) is 6.23. The molecule has 0 aromatic rings. The van der Waals surface area contributed by atoms with Crippen molar-refractivity contribution in [3.05, 3.63) is 12.2 Å². The van der Waals surface area contributed by atoms with Crippen molar-refractivity contribution in [2.24, 2.45) is 17.6 Å². The third-order valence-corrected chi connectivity index (χ3v) is 6.23. The van der Waals surface area contributed by atoms with Gasteiger partial charge in [-0.3, -0.25) is 19.2 Å². The van der Waals surface area contributed by atoms with Gasteiger partial charge in [0.2, 0.25) is 23.6 Å². The van der Waals surface area contributed by atoms with Crippen molar-refractivity contribution in [3.63, 3.8) is 0 Å². The smallest absolute Gasteiger partial charge is 0.408 e. The number of carbonyl (C=O) groups is 5. The molecule has 2 aliphatic heterocycles. The molecule has 11 nitrogen and oxygen atoms in total. The van der Waals surface area contributed by atoms with E-state index in [1.54, 1.807) is 26.8 Å². The van der Waals surface area contributed by atoms with Crippen molar-refractivity contribution in [3.8, 4) is 0 Å². The zero-order chi connectivity index (χ0) is 27.2. The molecule has 11 heteroatoms. The molecule has 0 radical (unpaired) electrons. The largest absolute Gasteiger partial charge is 0.444 e. The molecule has 5 atom stereocenters. The van der Waals surface area contributed by atoms with E-state index in [9.17, 15) is 24.0 Å². The second-order valence-corrected chi connectivity index (χ2v) is 11.1. The van der Waals surface area contributed by atoms with Crippen LogP contribution in [0.3, 0.4) is 0 Å². The molecule has 2 bridgehead atoms. The Kier molecular flexibility index (Phi) is 9.89. The summed E-state index contributed by atoms with van der Waals surface area (Å²) in [6, 6.07) is -3.09. The molecule has 0 aliphatic carbocycles. The second-order valence-electron chi connectivity index (χ2n) is 11.1. The third kappa shape index (κ3) is 8.53. The van der Waals surface area contributed by atoms with Gasteiger partial charge in [-0.1, -0.05) is 26.0 Å². The highest BCUT2D eigenvalue weighted by molar-refractivity contribution is 5.94. The van der Waals surface area contributed by atoms with Gasteiger partial charge in [-0.25, -0.2) is 4.79 Å². The molecule has 36 heavy (non-hydrogen) atoms. The van der Waals surface area contributed by atoms with E-state index in [0.717, 1.165) is 0 Å². The molecule has 5 N–H and O–H groups in total. The Labute approximate surface area is 212 Å². The lowest BCUT2D eigenvalue weighted by atomic mass is 9.94. The number of carbonyl (C=O) groups excluding carboxylic acids is 5. The van der Waals surface area contributed by atoms with Crippen LogP contribution in [0.1, 0.15) is 66.7 Å². The monoisotopic (exact) mass is 507 g/mol. The van der Waals surface area contributed by atoms with E-state index in [1.165, 1.54) is 11.9 Å². The number of nitrogens with two attached hydrogens (primary N) is 1. The van der Waals surface area contributed by atoms with Crippen molar-refractivity contribution in [1.82, 2.24) is 20.9 Å². The zero-order valence-corrected chi connectivity index (χ0v) is 22.1. The molecular weight excluding hydrogens is 466 g/mol. The van der Waals surface area contributed by atoms with E-state index in [-0.39, 0.29) is 30.7 Å². The highest BCUT2D eigenvalue weighted by Gasteiger charge is 2.38. The highest BCUT2D eigenvalue weighted by Crippen LogP contribution is 2.24. The van der Waals surface area contributed by atoms with Gasteiger partial charge in [-0.2, -0.15) is 0 Å². The van der Waals surface area contributed by atoms with Crippen LogP contribution in [-0.4, -0.2) is 71.4 Å². The van der Waals surface area contributed by atoms with Gasteiger partial charge in [-0.05, 0) is 58.8 Å². The molecular formula is C25H41N5O6. The first kappa shape index (κ1) is 29.1. The van der Waals surface area contributed by atoms with E-state index >= 15 is 0 Å². The van der Waals surface area contributed by atoms with Crippen LogP contribution < -0.4 is 21.7 Å². The number of amides is 5. The van der Waals surface area contributed by atoms with Crippen LogP contribution in [-0.2, 0) is 23.9 Å². The number of nitrogens with one attached hydrogen (secondary N) is 3. The predicted molar refractivity (Wildman–Crippen MR) is 133 cm³/mol. The number of nitrogens with zero attached hydrogens (tertiary/aromatic N) is 1. The summed E-state index contributed by atoms with van der Waals surface area (Å²) in [5.74, 6) is -2.35. The van der Waals surface area contributed by atoms with E-state index in [4.69, 9.17) is 10.5 Å². The lowest BCUT2D eigenvalue weighted by Crippen LogP contribution is -2.57. The summed E-state index contributed by atoms with van der Waals surface area (Å²) >= 11 is 0. The van der Waals surface area contributed by atoms with Crippen LogP contribution in [0.2, 0.25) is 0 Å². The van der Waals surface area contributed by atoms with Crippen LogP contribution in [0.5, 0.6) is 0 Å². The minimum Gasteiger partial charge on any atom is -0.444 e. The SMILES string of the molecule is CC(C)C[C@H]1C(=O)N[C@H](C(N)=O)C[C@@H]2C[C@@H](C/C=C/C[C@H](NC(=O)OC(C)(C)C)C(=O)N1C)NC2=O. The Bertz CT molecular complexity index is 881. The number of hydrogen-bond donors (Lipinski definition) is 4. The molecule has 1 saturated heterocycles. The molecule has 1 fully saturated rings. The molecule has 202 valence electrons. The van der Waals surface area contributed by atoms with Crippen LogP contribution in [0.4, 0.5) is 4.79 Å². The van der Waals surface area contributed by atoms with Crippen molar-refractivity contribution >= 4 is 29.7 Å². The van der Waals surface area contributed by atoms with E-state index < -0.39 is 53.5 Å². The summed E-state index contributed by atoms with van der Waals surface area (Å²) in [5, 5.41) is 8.20. The molecule has 0 aromatic carbocycles. The summed E-state index contributed by atoms with van der Waals surface area (Å²) < 4.78 is 5.33. The lowest BCUT2D eigenvalue weighted by molar-refractivity contribution is -0.142. The Balaban J connectivity index is 2.39. The van der Waals surface area contributed by atoms with Crippen molar-refractivity contribution < 1.29 is 28.7 Å². The number of rotatable bonds is 4. The van der Waals surface area contributed by atoms with Crippen LogP contribution >= 0.6 is 0 Å². The lowest BCUT2D eigenvalue weighted by Gasteiger charge is -2.33. The van der Waals surface area contributed by atoms with Crippen molar-refractivity contribution in [2.45, 2.75) is 96.5 Å². The first-order chi connectivity index (χ1) is 16.7. The minimum atomic E-state index is -1.05. The average molecular weight is 508 g/mol. The Morgan fingerprint density at radius 3 is 2.33 bits per heavy atom. The topological polar surface area (TPSA) is 160 Å². The number of alkyl carbamates (subject to hydrolysis) is 1. The first-order valence-corrected chi connectivity index (χ1v) is 12.5. The summed E-state index contributed by atoms with van der Waals surface area (Å²) in [5.41, 5.74) is 4.81. The first-order valence-electron chi connectivity index (χ1n) is 12.5. The van der Waals surface area contributed by atoms with Gasteiger partial charge in [0.05, 0.1) is 0 Å². The molecule has 0 unspecified atom stereocenters. The van der Waals surface area contributed by atoms with Gasteiger partial charge in [-0.15, -0.1) is 0 Å². The second kappa shape index (κ2) is 12.2.